The third-order valence-electron chi connectivity index (χ3n) is 4.77. The van der Waals surface area contributed by atoms with E-state index in [2.05, 4.69) is 16.0 Å². The zero-order chi connectivity index (χ0) is 19.2. The molecule has 27 heavy (non-hydrogen) atoms. The first kappa shape index (κ1) is 17.6. The molecule has 3 aromatic rings. The quantitative estimate of drug-likeness (QED) is 0.681. The van der Waals surface area contributed by atoms with E-state index in [9.17, 15) is 13.2 Å². The molecule has 138 valence electrons. The molecule has 0 bridgehead atoms. The minimum atomic E-state index is -3.27. The third kappa shape index (κ3) is 3.42. The Balaban J connectivity index is 1.61. The van der Waals surface area contributed by atoms with Crippen LogP contribution in [0.25, 0.3) is 11.0 Å². The van der Waals surface area contributed by atoms with Crippen molar-refractivity contribution in [1.29, 1.82) is 0 Å². The van der Waals surface area contributed by atoms with E-state index < -0.39 is 9.84 Å². The molecule has 0 fully saturated rings. The van der Waals surface area contributed by atoms with Gasteiger partial charge in [0.15, 0.2) is 15.5 Å². The van der Waals surface area contributed by atoms with Crippen molar-refractivity contribution >= 4 is 26.8 Å². The van der Waals surface area contributed by atoms with Gasteiger partial charge in [-0.1, -0.05) is 0 Å². The lowest BCUT2D eigenvalue weighted by atomic mass is 10.0. The normalized spacial score (nSPS) is 14.2. The molecule has 4 rings (SSSR count). The zero-order valence-electron chi connectivity index (χ0n) is 15.1. The summed E-state index contributed by atoms with van der Waals surface area (Å²) in [7, 11) is -3.27. The summed E-state index contributed by atoms with van der Waals surface area (Å²) < 4.78 is 23.2. The van der Waals surface area contributed by atoms with Gasteiger partial charge in [0, 0.05) is 48.6 Å². The number of amides is 1. The first-order valence-electron chi connectivity index (χ1n) is 8.66. The molecule has 1 aromatic carbocycles. The Labute approximate surface area is 157 Å². The molecule has 0 atom stereocenters. The summed E-state index contributed by atoms with van der Waals surface area (Å²) >= 11 is 0. The lowest BCUT2D eigenvalue weighted by molar-refractivity contribution is 0.0733. The van der Waals surface area contributed by atoms with Crippen LogP contribution in [0.1, 0.15) is 27.2 Å². The second-order valence-corrected chi connectivity index (χ2v) is 8.94. The molecule has 2 aromatic heterocycles. The van der Waals surface area contributed by atoms with Gasteiger partial charge in [-0.2, -0.15) is 0 Å². The molecule has 1 aliphatic heterocycles. The van der Waals surface area contributed by atoms with Crippen LogP contribution in [0.4, 0.5) is 0 Å². The molecule has 3 heterocycles. The zero-order valence-corrected chi connectivity index (χ0v) is 16.0. The van der Waals surface area contributed by atoms with Crippen LogP contribution in [-0.2, 0) is 22.8 Å². The molecule has 0 saturated heterocycles. The number of aryl methyl sites for hydroxylation is 1. The van der Waals surface area contributed by atoms with Gasteiger partial charge in [0.1, 0.15) is 0 Å². The van der Waals surface area contributed by atoms with E-state index in [1.54, 1.807) is 23.2 Å². The van der Waals surface area contributed by atoms with Gasteiger partial charge in [-0.3, -0.25) is 4.79 Å². The number of nitrogens with zero attached hydrogens (tertiary/aromatic N) is 3. The first-order valence-corrected chi connectivity index (χ1v) is 10.5. The van der Waals surface area contributed by atoms with E-state index in [1.807, 2.05) is 13.0 Å². The van der Waals surface area contributed by atoms with E-state index in [4.69, 9.17) is 0 Å². The van der Waals surface area contributed by atoms with Crippen LogP contribution < -0.4 is 0 Å². The lowest BCUT2D eigenvalue weighted by Gasteiger charge is -2.28. The average molecular weight is 381 g/mol. The van der Waals surface area contributed by atoms with E-state index in [0.717, 1.165) is 34.1 Å². The van der Waals surface area contributed by atoms with Crippen molar-refractivity contribution < 1.29 is 13.2 Å². The van der Waals surface area contributed by atoms with Gasteiger partial charge in [0.05, 0.1) is 4.90 Å². The van der Waals surface area contributed by atoms with Crippen LogP contribution >= 0.6 is 0 Å². The molecule has 6 nitrogen and oxygen atoms in total. The van der Waals surface area contributed by atoms with Gasteiger partial charge in [-0.25, -0.2) is 18.4 Å². The SMILES string of the molecule is Cc1cnc2nc3c(cc2c1)CN(C(=O)c1ccc(S(C)(=O)=O)cc1)CC3. The summed E-state index contributed by atoms with van der Waals surface area (Å²) in [6.45, 7) is 3.05. The number of aromatic nitrogens is 2. The van der Waals surface area contributed by atoms with E-state index in [1.165, 1.54) is 12.1 Å². The molecule has 1 amide bonds. The number of carbonyl (C=O) groups excluding carboxylic acids is 1. The molecule has 0 aliphatic carbocycles. The number of carbonyl (C=O) groups is 1. The molecule has 0 spiro atoms. The Hall–Kier alpha value is -2.80. The Morgan fingerprint density at radius 3 is 2.59 bits per heavy atom. The summed E-state index contributed by atoms with van der Waals surface area (Å²) in [6.07, 6.45) is 3.63. The molecule has 7 heteroatoms. The summed E-state index contributed by atoms with van der Waals surface area (Å²) in [5, 5.41) is 0.973. The minimum Gasteiger partial charge on any atom is -0.334 e. The van der Waals surface area contributed by atoms with Crippen LogP contribution in [0.15, 0.2) is 47.5 Å². The number of fused-ring (bicyclic) bond motifs is 2. The fourth-order valence-corrected chi connectivity index (χ4v) is 3.96. The van der Waals surface area contributed by atoms with Crippen LogP contribution in [0, 0.1) is 6.92 Å². The van der Waals surface area contributed by atoms with Crippen molar-refractivity contribution in [1.82, 2.24) is 14.9 Å². The monoisotopic (exact) mass is 381 g/mol. The standard InChI is InChI=1S/C20H19N3O3S/c1-13-9-15-10-16-12-23(8-7-18(16)22-19(15)21-11-13)20(24)14-3-5-17(6-4-14)27(2,25)26/h3-6,9-11H,7-8,12H2,1-2H3. The molecule has 0 radical (unpaired) electrons. The van der Waals surface area contributed by atoms with Crippen molar-refractivity contribution in [2.45, 2.75) is 24.8 Å². The number of benzene rings is 1. The second-order valence-electron chi connectivity index (χ2n) is 6.93. The predicted octanol–water partition coefficient (Wildman–Crippen LogP) is 2.54. The summed E-state index contributed by atoms with van der Waals surface area (Å²) in [6, 6.07) is 10.2. The molecule has 0 N–H and O–H groups in total. The maximum Gasteiger partial charge on any atom is 0.254 e. The van der Waals surface area contributed by atoms with Gasteiger partial charge in [-0.15, -0.1) is 0 Å². The fraction of sp³-hybridized carbons (Fsp3) is 0.250. The Kier molecular flexibility index (Phi) is 4.19. The Bertz CT molecular complexity index is 1160. The van der Waals surface area contributed by atoms with Crippen molar-refractivity contribution in [2.24, 2.45) is 0 Å². The maximum absolute atomic E-state index is 12.8. The maximum atomic E-state index is 12.8. The number of rotatable bonds is 2. The van der Waals surface area contributed by atoms with Gasteiger partial charge < -0.3 is 4.90 Å². The van der Waals surface area contributed by atoms with E-state index in [-0.39, 0.29) is 10.8 Å². The summed E-state index contributed by atoms with van der Waals surface area (Å²) in [5.41, 5.74) is 4.30. The number of pyridine rings is 2. The summed E-state index contributed by atoms with van der Waals surface area (Å²) in [4.78, 5) is 23.8. The minimum absolute atomic E-state index is 0.108. The number of hydrogen-bond acceptors (Lipinski definition) is 5. The molecular weight excluding hydrogens is 362 g/mol. The smallest absolute Gasteiger partial charge is 0.254 e. The highest BCUT2D eigenvalue weighted by molar-refractivity contribution is 7.90. The van der Waals surface area contributed by atoms with Crippen LogP contribution in [-0.4, -0.2) is 42.0 Å². The average Bonchev–Trinajstić information content (AvgIpc) is 2.64. The van der Waals surface area contributed by atoms with E-state index >= 15 is 0 Å². The predicted molar refractivity (Wildman–Crippen MR) is 102 cm³/mol. The highest BCUT2D eigenvalue weighted by Gasteiger charge is 2.23. The Morgan fingerprint density at radius 1 is 1.15 bits per heavy atom. The van der Waals surface area contributed by atoms with Gasteiger partial charge in [0.25, 0.3) is 5.91 Å². The topological polar surface area (TPSA) is 80.2 Å². The van der Waals surface area contributed by atoms with Crippen molar-refractivity contribution in [3.8, 4) is 0 Å². The van der Waals surface area contributed by atoms with Gasteiger partial charge in [0.2, 0.25) is 0 Å². The van der Waals surface area contributed by atoms with Crippen LogP contribution in [0.3, 0.4) is 0 Å². The number of hydrogen-bond donors (Lipinski definition) is 0. The first-order chi connectivity index (χ1) is 12.8. The third-order valence-corrected chi connectivity index (χ3v) is 5.90. The van der Waals surface area contributed by atoms with Crippen molar-refractivity contribution in [3.05, 3.63) is 65.0 Å². The largest absolute Gasteiger partial charge is 0.334 e. The fourth-order valence-electron chi connectivity index (χ4n) is 3.33. The lowest BCUT2D eigenvalue weighted by Crippen LogP contribution is -2.36. The highest BCUT2D eigenvalue weighted by Crippen LogP contribution is 2.23. The molecule has 1 aliphatic rings. The van der Waals surface area contributed by atoms with Gasteiger partial charge >= 0.3 is 0 Å². The van der Waals surface area contributed by atoms with Crippen LogP contribution in [0.2, 0.25) is 0 Å². The molecule has 0 saturated carbocycles. The molecular formula is C20H19N3O3S. The van der Waals surface area contributed by atoms with Crippen molar-refractivity contribution in [3.63, 3.8) is 0 Å². The van der Waals surface area contributed by atoms with Gasteiger partial charge in [-0.05, 0) is 54.4 Å². The molecule has 0 unspecified atom stereocenters. The van der Waals surface area contributed by atoms with Crippen LogP contribution in [0.5, 0.6) is 0 Å². The summed E-state index contributed by atoms with van der Waals surface area (Å²) in [5.74, 6) is -0.108. The number of sulfone groups is 1. The van der Waals surface area contributed by atoms with Crippen molar-refractivity contribution in [2.75, 3.05) is 12.8 Å². The highest BCUT2D eigenvalue weighted by atomic mass is 32.2. The second kappa shape index (κ2) is 6.42. The Morgan fingerprint density at radius 2 is 1.89 bits per heavy atom. The van der Waals surface area contributed by atoms with E-state index in [0.29, 0.717) is 25.1 Å².